The van der Waals surface area contributed by atoms with E-state index in [0.717, 1.165) is 37.1 Å². The Hall–Kier alpha value is -2.88. The number of oxazole rings is 1. The largest absolute Gasteiger partial charge is 0.441 e. The lowest BCUT2D eigenvalue weighted by Crippen LogP contribution is -2.32. The molecule has 0 atom stereocenters. The molecule has 138 valence electrons. The van der Waals surface area contributed by atoms with Crippen molar-refractivity contribution < 1.29 is 9.21 Å². The van der Waals surface area contributed by atoms with Gasteiger partial charge >= 0.3 is 0 Å². The number of benzene rings is 2. The van der Waals surface area contributed by atoms with Crippen LogP contribution >= 0.6 is 0 Å². The van der Waals surface area contributed by atoms with Crippen LogP contribution in [0.15, 0.2) is 71.3 Å². The van der Waals surface area contributed by atoms with E-state index >= 15 is 0 Å². The summed E-state index contributed by atoms with van der Waals surface area (Å²) < 4.78 is 5.79. The molecule has 0 saturated heterocycles. The standard InChI is InChI=1S/C23H24N2O2/c26-21(25-17-23(14-15-23)19-10-5-2-6-11-19)12-7-13-22-24-16-20(27-22)18-8-3-1-4-9-18/h1-6,8-11,16H,7,12-15,17H2,(H,25,26). The van der Waals surface area contributed by atoms with Crippen molar-refractivity contribution >= 4 is 5.91 Å². The molecular weight excluding hydrogens is 336 g/mol. The van der Waals surface area contributed by atoms with Crippen molar-refractivity contribution in [3.05, 3.63) is 78.3 Å². The molecule has 1 aliphatic carbocycles. The number of aromatic nitrogens is 1. The fourth-order valence-corrected chi connectivity index (χ4v) is 3.43. The summed E-state index contributed by atoms with van der Waals surface area (Å²) in [5.74, 6) is 1.56. The van der Waals surface area contributed by atoms with Gasteiger partial charge in [0.15, 0.2) is 11.7 Å². The highest BCUT2D eigenvalue weighted by molar-refractivity contribution is 5.76. The van der Waals surface area contributed by atoms with Crippen molar-refractivity contribution in [3.63, 3.8) is 0 Å². The van der Waals surface area contributed by atoms with Crippen molar-refractivity contribution in [2.45, 2.75) is 37.5 Å². The summed E-state index contributed by atoms with van der Waals surface area (Å²) >= 11 is 0. The molecule has 4 nitrogen and oxygen atoms in total. The molecule has 1 aromatic heterocycles. The summed E-state index contributed by atoms with van der Waals surface area (Å²) in [6.45, 7) is 0.729. The maximum Gasteiger partial charge on any atom is 0.220 e. The fraction of sp³-hybridized carbons (Fsp3) is 0.304. The molecule has 2 aromatic carbocycles. The van der Waals surface area contributed by atoms with Crippen LogP contribution in [0.2, 0.25) is 0 Å². The Morgan fingerprint density at radius 1 is 1.04 bits per heavy atom. The van der Waals surface area contributed by atoms with E-state index in [1.54, 1.807) is 6.20 Å². The van der Waals surface area contributed by atoms with Gasteiger partial charge in [-0.3, -0.25) is 4.79 Å². The molecule has 1 aliphatic rings. The van der Waals surface area contributed by atoms with E-state index in [-0.39, 0.29) is 11.3 Å². The summed E-state index contributed by atoms with van der Waals surface area (Å²) in [7, 11) is 0. The third kappa shape index (κ3) is 4.27. The maximum atomic E-state index is 12.2. The average molecular weight is 360 g/mol. The van der Waals surface area contributed by atoms with Gasteiger partial charge in [-0.05, 0) is 24.8 Å². The molecule has 0 radical (unpaired) electrons. The van der Waals surface area contributed by atoms with E-state index in [1.165, 1.54) is 5.56 Å². The quantitative estimate of drug-likeness (QED) is 0.643. The lowest BCUT2D eigenvalue weighted by atomic mass is 9.96. The minimum atomic E-state index is 0.104. The number of nitrogens with one attached hydrogen (secondary N) is 1. The van der Waals surface area contributed by atoms with Crippen LogP contribution in [0.3, 0.4) is 0 Å². The predicted octanol–water partition coefficient (Wildman–Crippen LogP) is 4.51. The second-order valence-electron chi connectivity index (χ2n) is 7.26. The third-order valence-corrected chi connectivity index (χ3v) is 5.27. The molecule has 0 unspecified atom stereocenters. The van der Waals surface area contributed by atoms with E-state index in [0.29, 0.717) is 18.7 Å². The summed E-state index contributed by atoms with van der Waals surface area (Å²) in [6.07, 6.45) is 5.95. The molecule has 3 aromatic rings. The molecule has 0 bridgehead atoms. The molecule has 1 amide bonds. The topological polar surface area (TPSA) is 55.1 Å². The molecule has 4 rings (SSSR count). The minimum Gasteiger partial charge on any atom is -0.441 e. The van der Waals surface area contributed by atoms with Gasteiger partial charge in [-0.2, -0.15) is 0 Å². The molecule has 1 saturated carbocycles. The lowest BCUT2D eigenvalue weighted by molar-refractivity contribution is -0.121. The monoisotopic (exact) mass is 360 g/mol. The molecule has 1 fully saturated rings. The van der Waals surface area contributed by atoms with E-state index in [4.69, 9.17) is 4.42 Å². The highest BCUT2D eigenvalue weighted by Crippen LogP contribution is 2.47. The Morgan fingerprint density at radius 2 is 1.74 bits per heavy atom. The van der Waals surface area contributed by atoms with Crippen LogP contribution in [-0.4, -0.2) is 17.4 Å². The fourth-order valence-electron chi connectivity index (χ4n) is 3.43. The van der Waals surface area contributed by atoms with Gasteiger partial charge in [0, 0.05) is 30.4 Å². The number of aryl methyl sites for hydroxylation is 1. The van der Waals surface area contributed by atoms with Gasteiger partial charge in [-0.15, -0.1) is 0 Å². The number of carbonyl (C=O) groups is 1. The van der Waals surface area contributed by atoms with Gasteiger partial charge in [0.05, 0.1) is 6.20 Å². The second-order valence-corrected chi connectivity index (χ2v) is 7.26. The molecule has 27 heavy (non-hydrogen) atoms. The summed E-state index contributed by atoms with van der Waals surface area (Å²) in [6, 6.07) is 20.4. The average Bonchev–Trinajstić information content (AvgIpc) is 3.38. The van der Waals surface area contributed by atoms with E-state index < -0.39 is 0 Å². The normalized spacial score (nSPS) is 14.7. The van der Waals surface area contributed by atoms with Gasteiger partial charge in [0.1, 0.15) is 0 Å². The molecule has 0 aliphatic heterocycles. The van der Waals surface area contributed by atoms with Crippen LogP contribution in [0.25, 0.3) is 11.3 Å². The third-order valence-electron chi connectivity index (χ3n) is 5.27. The number of carbonyl (C=O) groups excluding carboxylic acids is 1. The van der Waals surface area contributed by atoms with Gasteiger partial charge in [-0.1, -0.05) is 60.7 Å². The van der Waals surface area contributed by atoms with Crippen LogP contribution < -0.4 is 5.32 Å². The molecule has 4 heteroatoms. The first-order valence-corrected chi connectivity index (χ1v) is 9.58. The predicted molar refractivity (Wildman–Crippen MR) is 105 cm³/mol. The minimum absolute atomic E-state index is 0.104. The van der Waals surface area contributed by atoms with Crippen molar-refractivity contribution in [1.29, 1.82) is 0 Å². The van der Waals surface area contributed by atoms with Crippen molar-refractivity contribution in [2.24, 2.45) is 0 Å². The zero-order valence-corrected chi connectivity index (χ0v) is 15.4. The van der Waals surface area contributed by atoms with E-state index in [2.05, 4.69) is 34.6 Å². The highest BCUT2D eigenvalue weighted by atomic mass is 16.4. The molecular formula is C23H24N2O2. The first-order chi connectivity index (χ1) is 13.3. The molecule has 1 heterocycles. The van der Waals surface area contributed by atoms with Crippen LogP contribution in [0, 0.1) is 0 Å². The zero-order valence-electron chi connectivity index (χ0n) is 15.4. The molecule has 0 spiro atoms. The Kier molecular flexibility index (Phi) is 5.05. The maximum absolute atomic E-state index is 12.2. The number of rotatable bonds is 8. The first kappa shape index (κ1) is 17.5. The Labute approximate surface area is 159 Å². The highest BCUT2D eigenvalue weighted by Gasteiger charge is 2.44. The number of amides is 1. The Balaban J connectivity index is 1.22. The van der Waals surface area contributed by atoms with E-state index in [9.17, 15) is 4.79 Å². The van der Waals surface area contributed by atoms with Crippen molar-refractivity contribution in [3.8, 4) is 11.3 Å². The van der Waals surface area contributed by atoms with Crippen LogP contribution in [0.5, 0.6) is 0 Å². The molecule has 1 N–H and O–H groups in total. The van der Waals surface area contributed by atoms with E-state index in [1.807, 2.05) is 36.4 Å². The second kappa shape index (κ2) is 7.78. The Morgan fingerprint density at radius 3 is 2.44 bits per heavy atom. The first-order valence-electron chi connectivity index (χ1n) is 9.58. The van der Waals surface area contributed by atoms with Crippen LogP contribution in [0.4, 0.5) is 0 Å². The van der Waals surface area contributed by atoms with Crippen molar-refractivity contribution in [2.75, 3.05) is 6.54 Å². The van der Waals surface area contributed by atoms with Crippen LogP contribution in [-0.2, 0) is 16.6 Å². The zero-order chi connectivity index (χ0) is 18.5. The number of hydrogen-bond acceptors (Lipinski definition) is 3. The van der Waals surface area contributed by atoms with Gasteiger partial charge in [0.25, 0.3) is 0 Å². The van der Waals surface area contributed by atoms with Crippen LogP contribution in [0.1, 0.15) is 37.1 Å². The van der Waals surface area contributed by atoms with Gasteiger partial charge in [0.2, 0.25) is 5.91 Å². The SMILES string of the molecule is O=C(CCCc1ncc(-c2ccccc2)o1)NCC1(c2ccccc2)CC1. The number of nitrogens with zero attached hydrogens (tertiary/aromatic N) is 1. The lowest BCUT2D eigenvalue weighted by Gasteiger charge is -2.16. The van der Waals surface area contributed by atoms with Gasteiger partial charge in [-0.25, -0.2) is 4.98 Å². The number of hydrogen-bond donors (Lipinski definition) is 1. The van der Waals surface area contributed by atoms with Crippen molar-refractivity contribution in [1.82, 2.24) is 10.3 Å². The Bertz CT molecular complexity index is 883. The summed E-state index contributed by atoms with van der Waals surface area (Å²) in [5, 5.41) is 3.11. The smallest absolute Gasteiger partial charge is 0.220 e. The van der Waals surface area contributed by atoms with Gasteiger partial charge < -0.3 is 9.73 Å². The summed E-state index contributed by atoms with van der Waals surface area (Å²) in [4.78, 5) is 16.5. The summed E-state index contributed by atoms with van der Waals surface area (Å²) in [5.41, 5.74) is 2.51.